The molecule has 196 valence electrons. The van der Waals surface area contributed by atoms with Gasteiger partial charge in [-0.2, -0.15) is 0 Å². The summed E-state index contributed by atoms with van der Waals surface area (Å²) in [5.41, 5.74) is 0. The Kier molecular flexibility index (Phi) is 13.1. The Balaban J connectivity index is 2.01. The van der Waals surface area contributed by atoms with E-state index in [0.29, 0.717) is 25.7 Å². The second kappa shape index (κ2) is 15.5. The van der Waals surface area contributed by atoms with Crippen molar-refractivity contribution in [3.8, 4) is 0 Å². The molecule has 0 aliphatic carbocycles. The van der Waals surface area contributed by atoms with Gasteiger partial charge in [0.1, 0.15) is 29.8 Å². The van der Waals surface area contributed by atoms with Crippen LogP contribution in [0, 0.1) is 12.8 Å². The van der Waals surface area contributed by atoms with Gasteiger partial charge in [-0.3, -0.25) is 4.79 Å². The standard InChI is InChI=1S/C26H46N2O6/c1-20(2)11-17-33-25-18-28(22(4)29)15-14-27(13-7-8-23-10-9-21(3)34-23)12-5-6-16-32-19-24(30)26(25)31/h9-10,20,24-26,30-31H,5-8,11-19H2,1-4H3/t24-,25-,26-/m1/s1. The van der Waals surface area contributed by atoms with Gasteiger partial charge in [-0.25, -0.2) is 0 Å². The molecular formula is C26H46N2O6. The van der Waals surface area contributed by atoms with Crippen LogP contribution in [0.5, 0.6) is 0 Å². The number of hydrogen-bond acceptors (Lipinski definition) is 7. The fourth-order valence-electron chi connectivity index (χ4n) is 4.09. The normalized spacial score (nSPS) is 24.3. The zero-order chi connectivity index (χ0) is 24.9. The quantitative estimate of drug-likeness (QED) is 0.588. The third-order valence-electron chi connectivity index (χ3n) is 6.33. The zero-order valence-corrected chi connectivity index (χ0v) is 21.6. The Hall–Kier alpha value is -1.45. The van der Waals surface area contributed by atoms with Crippen LogP contribution in [-0.4, -0.2) is 96.8 Å². The van der Waals surface area contributed by atoms with Crippen molar-refractivity contribution in [3.05, 3.63) is 23.7 Å². The molecule has 8 heteroatoms. The van der Waals surface area contributed by atoms with Crippen molar-refractivity contribution in [2.75, 3.05) is 52.5 Å². The average Bonchev–Trinajstić information content (AvgIpc) is 3.20. The van der Waals surface area contributed by atoms with Crippen molar-refractivity contribution >= 4 is 5.91 Å². The number of nitrogens with zero attached hydrogens (tertiary/aromatic N) is 2. The summed E-state index contributed by atoms with van der Waals surface area (Å²) in [4.78, 5) is 16.5. The maximum atomic E-state index is 12.4. The highest BCUT2D eigenvalue weighted by molar-refractivity contribution is 5.73. The van der Waals surface area contributed by atoms with Crippen LogP contribution >= 0.6 is 0 Å². The highest BCUT2D eigenvalue weighted by Gasteiger charge is 2.30. The number of carbonyl (C=O) groups excluding carboxylic acids is 1. The van der Waals surface area contributed by atoms with Crippen molar-refractivity contribution in [3.63, 3.8) is 0 Å². The largest absolute Gasteiger partial charge is 0.466 e. The first-order valence-corrected chi connectivity index (χ1v) is 12.8. The second-order valence-electron chi connectivity index (χ2n) is 9.85. The van der Waals surface area contributed by atoms with E-state index in [-0.39, 0.29) is 19.1 Å². The van der Waals surface area contributed by atoms with Gasteiger partial charge in [0.2, 0.25) is 5.91 Å². The van der Waals surface area contributed by atoms with Gasteiger partial charge in [0.05, 0.1) is 6.61 Å². The minimum Gasteiger partial charge on any atom is -0.466 e. The Bertz CT molecular complexity index is 695. The van der Waals surface area contributed by atoms with Crippen LogP contribution < -0.4 is 0 Å². The molecule has 0 saturated carbocycles. The number of rotatable bonds is 8. The maximum Gasteiger partial charge on any atom is 0.219 e. The molecule has 3 atom stereocenters. The van der Waals surface area contributed by atoms with E-state index in [1.165, 1.54) is 0 Å². The van der Waals surface area contributed by atoms with E-state index in [1.54, 1.807) is 11.8 Å². The number of aliphatic hydroxyl groups is 2. The van der Waals surface area contributed by atoms with Crippen LogP contribution in [-0.2, 0) is 20.7 Å². The summed E-state index contributed by atoms with van der Waals surface area (Å²) >= 11 is 0. The first-order chi connectivity index (χ1) is 16.3. The van der Waals surface area contributed by atoms with Gasteiger partial charge in [0.25, 0.3) is 0 Å². The molecule has 1 saturated heterocycles. The number of hydrogen-bond donors (Lipinski definition) is 2. The predicted molar refractivity (Wildman–Crippen MR) is 132 cm³/mol. The van der Waals surface area contributed by atoms with Gasteiger partial charge in [0.15, 0.2) is 0 Å². The summed E-state index contributed by atoms with van der Waals surface area (Å²) in [7, 11) is 0. The monoisotopic (exact) mass is 482 g/mol. The molecule has 0 unspecified atom stereocenters. The van der Waals surface area contributed by atoms with Crippen LogP contribution in [0.15, 0.2) is 16.5 Å². The van der Waals surface area contributed by atoms with Crippen molar-refractivity contribution in [2.24, 2.45) is 5.92 Å². The molecule has 1 aliphatic rings. The fraction of sp³-hybridized carbons (Fsp3) is 0.808. The molecule has 1 aromatic rings. The van der Waals surface area contributed by atoms with Crippen LogP contribution in [0.4, 0.5) is 0 Å². The van der Waals surface area contributed by atoms with Gasteiger partial charge in [-0.1, -0.05) is 13.8 Å². The van der Waals surface area contributed by atoms with Crippen LogP contribution in [0.2, 0.25) is 0 Å². The molecule has 0 aromatic carbocycles. The average molecular weight is 483 g/mol. The number of ether oxygens (including phenoxy) is 2. The number of carbonyl (C=O) groups is 1. The van der Waals surface area contributed by atoms with Crippen LogP contribution in [0.3, 0.4) is 0 Å². The Morgan fingerprint density at radius 3 is 2.68 bits per heavy atom. The van der Waals surface area contributed by atoms with Crippen molar-refractivity contribution < 1.29 is 28.9 Å². The number of furan rings is 1. The summed E-state index contributed by atoms with van der Waals surface area (Å²) in [6, 6.07) is 4.03. The summed E-state index contributed by atoms with van der Waals surface area (Å²) < 4.78 is 17.3. The molecule has 1 amide bonds. The summed E-state index contributed by atoms with van der Waals surface area (Å²) in [5.74, 6) is 2.34. The highest BCUT2D eigenvalue weighted by Crippen LogP contribution is 2.13. The van der Waals surface area contributed by atoms with Crippen molar-refractivity contribution in [1.82, 2.24) is 9.80 Å². The highest BCUT2D eigenvalue weighted by atomic mass is 16.5. The molecule has 2 N–H and O–H groups in total. The Morgan fingerprint density at radius 2 is 2.00 bits per heavy atom. The lowest BCUT2D eigenvalue weighted by Crippen LogP contribution is -2.50. The predicted octanol–water partition coefficient (Wildman–Crippen LogP) is 2.63. The van der Waals surface area contributed by atoms with Gasteiger partial charge in [0, 0.05) is 46.2 Å². The zero-order valence-electron chi connectivity index (χ0n) is 21.6. The smallest absolute Gasteiger partial charge is 0.219 e. The number of aliphatic hydroxyl groups excluding tert-OH is 2. The molecule has 0 radical (unpaired) electrons. The number of aryl methyl sites for hydroxylation is 2. The van der Waals surface area contributed by atoms with E-state index < -0.39 is 18.3 Å². The molecule has 2 heterocycles. The number of amides is 1. The SMILES string of the molecule is CC(=O)N1CCN(CCCc2ccc(C)o2)CCCCOC[C@@H](O)[C@@H](O)[C@H](OCCC(C)C)C1. The first-order valence-electron chi connectivity index (χ1n) is 12.8. The summed E-state index contributed by atoms with van der Waals surface area (Å²) in [6.07, 6.45) is 1.72. The van der Waals surface area contributed by atoms with Gasteiger partial charge >= 0.3 is 0 Å². The van der Waals surface area contributed by atoms with E-state index in [9.17, 15) is 15.0 Å². The summed E-state index contributed by atoms with van der Waals surface area (Å²) in [5, 5.41) is 21.2. The van der Waals surface area contributed by atoms with E-state index in [4.69, 9.17) is 13.9 Å². The lowest BCUT2D eigenvalue weighted by molar-refractivity contribution is -0.140. The van der Waals surface area contributed by atoms with Gasteiger partial charge in [-0.05, 0) is 63.7 Å². The van der Waals surface area contributed by atoms with Crippen LogP contribution in [0.1, 0.15) is 58.0 Å². The van der Waals surface area contributed by atoms with Crippen LogP contribution in [0.25, 0.3) is 0 Å². The van der Waals surface area contributed by atoms with E-state index in [1.807, 2.05) is 19.1 Å². The maximum absolute atomic E-state index is 12.4. The fourth-order valence-corrected chi connectivity index (χ4v) is 4.09. The Labute approximate surface area is 205 Å². The lowest BCUT2D eigenvalue weighted by atomic mass is 10.1. The molecule has 8 nitrogen and oxygen atoms in total. The molecule has 1 fully saturated rings. The van der Waals surface area contributed by atoms with E-state index >= 15 is 0 Å². The van der Waals surface area contributed by atoms with E-state index in [0.717, 1.165) is 63.3 Å². The molecule has 0 bridgehead atoms. The molecule has 2 rings (SSSR count). The third kappa shape index (κ3) is 10.9. The molecule has 1 aliphatic heterocycles. The summed E-state index contributed by atoms with van der Waals surface area (Å²) in [6.45, 7) is 12.2. The topological polar surface area (TPSA) is 95.6 Å². The first kappa shape index (κ1) is 28.8. The molecule has 34 heavy (non-hydrogen) atoms. The molecular weight excluding hydrogens is 436 g/mol. The third-order valence-corrected chi connectivity index (χ3v) is 6.33. The second-order valence-corrected chi connectivity index (χ2v) is 9.85. The lowest BCUT2D eigenvalue weighted by Gasteiger charge is -2.33. The molecule has 0 spiro atoms. The van der Waals surface area contributed by atoms with Crippen molar-refractivity contribution in [1.29, 1.82) is 0 Å². The Morgan fingerprint density at radius 1 is 1.21 bits per heavy atom. The van der Waals surface area contributed by atoms with Gasteiger partial charge < -0.3 is 33.9 Å². The van der Waals surface area contributed by atoms with Crippen molar-refractivity contribution in [2.45, 2.75) is 78.1 Å². The minimum absolute atomic E-state index is 0.0531. The van der Waals surface area contributed by atoms with Gasteiger partial charge in [-0.15, -0.1) is 0 Å². The minimum atomic E-state index is -1.12. The van der Waals surface area contributed by atoms with E-state index in [2.05, 4.69) is 18.7 Å². The molecule has 1 aromatic heterocycles.